The molecule has 1 rings (SSSR count). The fourth-order valence-electron chi connectivity index (χ4n) is 1.85. The predicted molar refractivity (Wildman–Crippen MR) is 89.6 cm³/mol. The zero-order chi connectivity index (χ0) is 18.5. The van der Waals surface area contributed by atoms with Gasteiger partial charge in [-0.15, -0.1) is 4.90 Å². The summed E-state index contributed by atoms with van der Waals surface area (Å²) in [5.41, 5.74) is 1.16. The number of hydrazine groups is 1. The molecule has 0 atom stereocenters. The lowest BCUT2D eigenvalue weighted by Gasteiger charge is -2.32. The number of nitrogens with one attached hydrogen (secondary N) is 3. The minimum atomic E-state index is -0.954. The van der Waals surface area contributed by atoms with E-state index in [0.29, 0.717) is 18.0 Å². The summed E-state index contributed by atoms with van der Waals surface area (Å²) in [6.07, 6.45) is -1.91. The summed E-state index contributed by atoms with van der Waals surface area (Å²) in [6.45, 7) is 12.9. The van der Waals surface area contributed by atoms with Gasteiger partial charge in [-0.05, 0) is 41.5 Å². The van der Waals surface area contributed by atoms with Crippen LogP contribution in [0, 0.1) is 5.41 Å². The van der Waals surface area contributed by atoms with Gasteiger partial charge in [0.25, 0.3) is 0 Å². The van der Waals surface area contributed by atoms with Crippen molar-refractivity contribution >= 4 is 18.1 Å². The summed E-state index contributed by atoms with van der Waals surface area (Å²) < 4.78 is 10.4. The van der Waals surface area contributed by atoms with Gasteiger partial charge in [0, 0.05) is 26.2 Å². The molecule has 3 N–H and O–H groups in total. The molecule has 24 heavy (non-hydrogen) atoms. The first-order valence-electron chi connectivity index (χ1n) is 7.96. The molecule has 1 aliphatic heterocycles. The highest BCUT2D eigenvalue weighted by atomic mass is 16.6. The Labute approximate surface area is 143 Å². The Bertz CT molecular complexity index is 447. The molecule has 0 unspecified atom stereocenters. The Balaban J connectivity index is 2.87. The van der Waals surface area contributed by atoms with E-state index in [9.17, 15) is 9.59 Å². The lowest BCUT2D eigenvalue weighted by Crippen LogP contribution is -2.58. The van der Waals surface area contributed by atoms with Gasteiger partial charge < -0.3 is 14.8 Å². The maximum atomic E-state index is 12.4. The third-order valence-corrected chi connectivity index (χ3v) is 2.76. The van der Waals surface area contributed by atoms with Crippen molar-refractivity contribution in [3.63, 3.8) is 0 Å². The van der Waals surface area contributed by atoms with Gasteiger partial charge in [-0.2, -0.15) is 0 Å². The number of amides is 2. The molecule has 0 aliphatic carbocycles. The molecule has 0 aromatic heterocycles. The van der Waals surface area contributed by atoms with Crippen LogP contribution in [-0.4, -0.2) is 65.4 Å². The topological polar surface area (TPSA) is 107 Å². The van der Waals surface area contributed by atoms with Crippen molar-refractivity contribution in [2.45, 2.75) is 52.7 Å². The summed E-state index contributed by atoms with van der Waals surface area (Å²) in [5.74, 6) is -0.402. The minimum Gasteiger partial charge on any atom is -0.443 e. The SMILES string of the molecule is CC(C)(C)OC(=O)N(C(=N)NN1CCNCC1)C(=O)OC(C)(C)C. The molecule has 0 aromatic carbocycles. The Hall–Kier alpha value is -1.87. The van der Waals surface area contributed by atoms with Crippen molar-refractivity contribution in [2.75, 3.05) is 26.2 Å². The predicted octanol–water partition coefficient (Wildman–Crippen LogP) is 1.50. The summed E-state index contributed by atoms with van der Waals surface area (Å²) in [7, 11) is 0. The van der Waals surface area contributed by atoms with Crippen LogP contribution < -0.4 is 10.7 Å². The van der Waals surface area contributed by atoms with Gasteiger partial charge in [-0.1, -0.05) is 0 Å². The molecule has 0 saturated carbocycles. The zero-order valence-corrected chi connectivity index (χ0v) is 15.4. The second-order valence-corrected chi connectivity index (χ2v) is 7.49. The molecule has 2 amide bonds. The van der Waals surface area contributed by atoms with E-state index >= 15 is 0 Å². The van der Waals surface area contributed by atoms with Crippen LogP contribution in [0.2, 0.25) is 0 Å². The van der Waals surface area contributed by atoms with Gasteiger partial charge in [0.2, 0.25) is 5.96 Å². The number of nitrogens with zero attached hydrogens (tertiary/aromatic N) is 2. The zero-order valence-electron chi connectivity index (χ0n) is 15.4. The summed E-state index contributed by atoms with van der Waals surface area (Å²) in [4.78, 5) is 25.3. The molecular formula is C15H29N5O4. The number of imide groups is 1. The molecule has 0 bridgehead atoms. The highest BCUT2D eigenvalue weighted by Crippen LogP contribution is 2.14. The van der Waals surface area contributed by atoms with Crippen LogP contribution in [0.1, 0.15) is 41.5 Å². The highest BCUT2D eigenvalue weighted by molar-refractivity contribution is 6.06. The maximum absolute atomic E-state index is 12.4. The van der Waals surface area contributed by atoms with Crippen LogP contribution in [0.15, 0.2) is 0 Å². The average Bonchev–Trinajstić information content (AvgIpc) is 2.35. The first kappa shape index (κ1) is 20.2. The molecule has 9 nitrogen and oxygen atoms in total. The number of hydrogen-bond acceptors (Lipinski definition) is 7. The van der Waals surface area contributed by atoms with Gasteiger partial charge in [-0.25, -0.2) is 14.6 Å². The fourth-order valence-corrected chi connectivity index (χ4v) is 1.85. The molecule has 1 saturated heterocycles. The van der Waals surface area contributed by atoms with E-state index in [0.717, 1.165) is 13.1 Å². The van der Waals surface area contributed by atoms with E-state index < -0.39 is 29.3 Å². The minimum absolute atomic E-state index is 0.402. The molecule has 9 heteroatoms. The molecule has 1 heterocycles. The van der Waals surface area contributed by atoms with Gasteiger partial charge in [0.1, 0.15) is 11.2 Å². The monoisotopic (exact) mass is 343 g/mol. The van der Waals surface area contributed by atoms with Crippen LogP contribution in [0.5, 0.6) is 0 Å². The van der Waals surface area contributed by atoms with Crippen molar-refractivity contribution in [3.8, 4) is 0 Å². The lowest BCUT2D eigenvalue weighted by atomic mass is 10.2. The van der Waals surface area contributed by atoms with Crippen molar-refractivity contribution < 1.29 is 19.1 Å². The highest BCUT2D eigenvalue weighted by Gasteiger charge is 2.35. The van der Waals surface area contributed by atoms with Crippen LogP contribution in [0.25, 0.3) is 0 Å². The van der Waals surface area contributed by atoms with E-state index in [1.807, 2.05) is 0 Å². The first-order chi connectivity index (χ1) is 10.9. The van der Waals surface area contributed by atoms with Gasteiger partial charge in [0.05, 0.1) is 0 Å². The second kappa shape index (κ2) is 7.80. The third-order valence-electron chi connectivity index (χ3n) is 2.76. The Kier molecular flexibility index (Phi) is 6.56. The molecule has 0 radical (unpaired) electrons. The normalized spacial score (nSPS) is 16.2. The van der Waals surface area contributed by atoms with Crippen molar-refractivity contribution in [2.24, 2.45) is 0 Å². The Morgan fingerprint density at radius 2 is 1.42 bits per heavy atom. The molecule has 1 aliphatic rings. The van der Waals surface area contributed by atoms with Crippen LogP contribution >= 0.6 is 0 Å². The number of rotatable bonds is 1. The third kappa shape index (κ3) is 7.14. The van der Waals surface area contributed by atoms with Gasteiger partial charge >= 0.3 is 12.2 Å². The van der Waals surface area contributed by atoms with E-state index in [1.54, 1.807) is 46.6 Å². The van der Waals surface area contributed by atoms with E-state index in [2.05, 4.69) is 10.7 Å². The van der Waals surface area contributed by atoms with Crippen LogP contribution in [0.4, 0.5) is 9.59 Å². The molecule has 138 valence electrons. The number of piperazine rings is 1. The molecule has 0 aromatic rings. The Morgan fingerprint density at radius 3 is 1.79 bits per heavy atom. The second-order valence-electron chi connectivity index (χ2n) is 7.49. The van der Waals surface area contributed by atoms with E-state index in [-0.39, 0.29) is 0 Å². The molecule has 1 fully saturated rings. The standard InChI is InChI=1S/C15H29N5O4/c1-14(2,3)23-12(21)20(13(22)24-15(4,5)6)11(16)18-19-9-7-17-8-10-19/h17H,7-10H2,1-6H3,(H2,16,18). The summed E-state index contributed by atoms with van der Waals surface area (Å²) in [6, 6.07) is 0. The number of ether oxygens (including phenoxy) is 2. The maximum Gasteiger partial charge on any atom is 0.427 e. The summed E-state index contributed by atoms with van der Waals surface area (Å²) in [5, 5.41) is 13.0. The summed E-state index contributed by atoms with van der Waals surface area (Å²) >= 11 is 0. The number of guanidine groups is 1. The van der Waals surface area contributed by atoms with Gasteiger partial charge in [0.15, 0.2) is 0 Å². The van der Waals surface area contributed by atoms with Crippen molar-refractivity contribution in [3.05, 3.63) is 0 Å². The first-order valence-corrected chi connectivity index (χ1v) is 7.96. The molecule has 0 spiro atoms. The molecular weight excluding hydrogens is 314 g/mol. The van der Waals surface area contributed by atoms with Crippen LogP contribution in [-0.2, 0) is 9.47 Å². The fraction of sp³-hybridized carbons (Fsp3) is 0.800. The smallest absolute Gasteiger partial charge is 0.427 e. The van der Waals surface area contributed by atoms with E-state index in [4.69, 9.17) is 14.9 Å². The van der Waals surface area contributed by atoms with Crippen molar-refractivity contribution in [1.29, 1.82) is 5.41 Å². The average molecular weight is 343 g/mol. The number of hydrogen-bond donors (Lipinski definition) is 3. The van der Waals surface area contributed by atoms with Gasteiger partial charge in [-0.3, -0.25) is 10.8 Å². The van der Waals surface area contributed by atoms with Crippen molar-refractivity contribution in [1.82, 2.24) is 20.7 Å². The largest absolute Gasteiger partial charge is 0.443 e. The lowest BCUT2D eigenvalue weighted by molar-refractivity contribution is 0.0128. The van der Waals surface area contributed by atoms with Crippen LogP contribution in [0.3, 0.4) is 0 Å². The van der Waals surface area contributed by atoms with E-state index in [1.165, 1.54) is 0 Å². The number of carbonyl (C=O) groups is 2. The Morgan fingerprint density at radius 1 is 1.00 bits per heavy atom. The quantitative estimate of drug-likeness (QED) is 0.489. The number of carbonyl (C=O) groups excluding carboxylic acids is 2.